The molecule has 0 radical (unpaired) electrons. The van der Waals surface area contributed by atoms with E-state index in [9.17, 15) is 18.0 Å². The van der Waals surface area contributed by atoms with Crippen molar-refractivity contribution in [3.8, 4) is 0 Å². The average molecular weight is 290 g/mol. The lowest BCUT2D eigenvalue weighted by molar-refractivity contribution is -0.175. The second kappa shape index (κ2) is 7.84. The second-order valence-electron chi connectivity index (χ2n) is 4.23. The van der Waals surface area contributed by atoms with E-state index in [0.717, 1.165) is 12.8 Å². The number of carbonyl (C=O) groups excluding carboxylic acids is 1. The fourth-order valence-corrected chi connectivity index (χ4v) is 1.81. The summed E-state index contributed by atoms with van der Waals surface area (Å²) in [5.41, 5.74) is -0.207. The summed E-state index contributed by atoms with van der Waals surface area (Å²) < 4.78 is 39.6. The van der Waals surface area contributed by atoms with Gasteiger partial charge in [0.25, 0.3) is 0 Å². The van der Waals surface area contributed by atoms with Crippen molar-refractivity contribution < 1.29 is 22.7 Å². The molecule has 0 atom stereocenters. The van der Waals surface area contributed by atoms with Crippen LogP contribution in [0, 0.1) is 5.41 Å². The number of amides is 1. The van der Waals surface area contributed by atoms with Gasteiger partial charge in [-0.3, -0.25) is 4.79 Å². The highest BCUT2D eigenvalue weighted by molar-refractivity contribution is 6.18. The molecule has 0 aliphatic carbocycles. The summed E-state index contributed by atoms with van der Waals surface area (Å²) in [5.74, 6) is -0.167. The van der Waals surface area contributed by atoms with E-state index in [2.05, 4.69) is 10.1 Å². The molecule has 0 saturated heterocycles. The summed E-state index contributed by atoms with van der Waals surface area (Å²) in [6.07, 6.45) is -2.83. The zero-order chi connectivity index (χ0) is 14.2. The van der Waals surface area contributed by atoms with Crippen molar-refractivity contribution in [2.45, 2.75) is 32.9 Å². The first-order chi connectivity index (χ1) is 8.28. The normalized spacial score (nSPS) is 12.6. The van der Waals surface area contributed by atoms with Crippen LogP contribution in [0.3, 0.4) is 0 Å². The number of carbonyl (C=O) groups is 1. The maximum atomic E-state index is 11.8. The number of rotatable bonds is 8. The molecular weight excluding hydrogens is 271 g/mol. The number of nitrogens with one attached hydrogen (secondary N) is 1. The Morgan fingerprint density at radius 1 is 1.28 bits per heavy atom. The minimum Gasteiger partial charge on any atom is -0.362 e. The van der Waals surface area contributed by atoms with Gasteiger partial charge in [0, 0.05) is 17.8 Å². The molecule has 108 valence electrons. The van der Waals surface area contributed by atoms with Gasteiger partial charge in [0.1, 0.15) is 13.2 Å². The van der Waals surface area contributed by atoms with E-state index >= 15 is 0 Å². The molecule has 0 bridgehead atoms. The van der Waals surface area contributed by atoms with Crippen LogP contribution < -0.4 is 5.32 Å². The molecule has 0 saturated carbocycles. The van der Waals surface area contributed by atoms with Gasteiger partial charge in [0.05, 0.1) is 0 Å². The molecule has 0 unspecified atom stereocenters. The van der Waals surface area contributed by atoms with Gasteiger partial charge in [-0.05, 0) is 12.8 Å². The summed E-state index contributed by atoms with van der Waals surface area (Å²) in [7, 11) is 0. The first-order valence-corrected chi connectivity index (χ1v) is 6.29. The summed E-state index contributed by atoms with van der Waals surface area (Å²) in [5, 5.41) is 2.55. The smallest absolute Gasteiger partial charge is 0.362 e. The van der Waals surface area contributed by atoms with Gasteiger partial charge in [-0.15, -0.1) is 11.6 Å². The molecule has 0 fully saturated rings. The van der Waals surface area contributed by atoms with Gasteiger partial charge in [-0.1, -0.05) is 13.8 Å². The second-order valence-corrected chi connectivity index (χ2v) is 4.49. The van der Waals surface area contributed by atoms with Gasteiger partial charge in [-0.2, -0.15) is 13.2 Å². The maximum Gasteiger partial charge on any atom is 0.411 e. The highest BCUT2D eigenvalue weighted by atomic mass is 35.5. The van der Waals surface area contributed by atoms with Crippen molar-refractivity contribution in [1.29, 1.82) is 0 Å². The fourth-order valence-electron chi connectivity index (χ4n) is 1.33. The molecule has 3 nitrogen and oxygen atoms in total. The van der Waals surface area contributed by atoms with Crippen LogP contribution in [0.5, 0.6) is 0 Å². The molecule has 0 aromatic carbocycles. The quantitative estimate of drug-likeness (QED) is 0.698. The number of hydrogen-bond donors (Lipinski definition) is 1. The Kier molecular flexibility index (Phi) is 7.62. The van der Waals surface area contributed by atoms with Crippen molar-refractivity contribution in [2.24, 2.45) is 5.41 Å². The molecule has 0 aliphatic rings. The monoisotopic (exact) mass is 289 g/mol. The Morgan fingerprint density at radius 3 is 2.22 bits per heavy atom. The van der Waals surface area contributed by atoms with Gasteiger partial charge in [0.15, 0.2) is 0 Å². The van der Waals surface area contributed by atoms with E-state index in [0.29, 0.717) is 12.4 Å². The Morgan fingerprint density at radius 2 is 1.83 bits per heavy atom. The van der Waals surface area contributed by atoms with Crippen molar-refractivity contribution in [2.75, 3.05) is 25.6 Å². The molecule has 1 N–H and O–H groups in total. The van der Waals surface area contributed by atoms with Crippen LogP contribution >= 0.6 is 11.6 Å². The van der Waals surface area contributed by atoms with E-state index < -0.39 is 25.3 Å². The van der Waals surface area contributed by atoms with Crippen LogP contribution in [-0.2, 0) is 9.53 Å². The topological polar surface area (TPSA) is 38.3 Å². The summed E-state index contributed by atoms with van der Waals surface area (Å²) in [6.45, 7) is 2.25. The van der Waals surface area contributed by atoms with Crippen molar-refractivity contribution in [3.63, 3.8) is 0 Å². The number of alkyl halides is 4. The van der Waals surface area contributed by atoms with E-state index in [1.807, 2.05) is 13.8 Å². The largest absolute Gasteiger partial charge is 0.411 e. The molecule has 7 heteroatoms. The Labute approximate surface area is 110 Å². The summed E-state index contributed by atoms with van der Waals surface area (Å²) >= 11 is 5.84. The standard InChI is InChI=1S/C11H19ClF3NO2/c1-3-10(4-2,6-12)7-16-9(17)5-18-8-11(13,14)15/h3-8H2,1-2H3,(H,16,17). The van der Waals surface area contributed by atoms with Crippen LogP contribution in [-0.4, -0.2) is 37.7 Å². The number of ether oxygens (including phenoxy) is 1. The minimum absolute atomic E-state index is 0.207. The first-order valence-electron chi connectivity index (χ1n) is 5.75. The van der Waals surface area contributed by atoms with Gasteiger partial charge < -0.3 is 10.1 Å². The number of halogens is 4. The lowest BCUT2D eigenvalue weighted by Gasteiger charge is -2.29. The maximum absolute atomic E-state index is 11.8. The van der Waals surface area contributed by atoms with Crippen LogP contribution in [0.25, 0.3) is 0 Å². The van der Waals surface area contributed by atoms with Gasteiger partial charge >= 0.3 is 6.18 Å². The van der Waals surface area contributed by atoms with E-state index in [1.54, 1.807) is 0 Å². The molecule has 0 aromatic heterocycles. The third kappa shape index (κ3) is 7.06. The van der Waals surface area contributed by atoms with E-state index in [-0.39, 0.29) is 5.41 Å². The van der Waals surface area contributed by atoms with Crippen LogP contribution in [0.15, 0.2) is 0 Å². The lowest BCUT2D eigenvalue weighted by Crippen LogP contribution is -2.40. The van der Waals surface area contributed by atoms with E-state index in [1.165, 1.54) is 0 Å². The predicted molar refractivity (Wildman–Crippen MR) is 63.6 cm³/mol. The molecule has 0 heterocycles. The van der Waals surface area contributed by atoms with Crippen molar-refractivity contribution in [1.82, 2.24) is 5.32 Å². The zero-order valence-corrected chi connectivity index (χ0v) is 11.3. The molecule has 18 heavy (non-hydrogen) atoms. The third-order valence-corrected chi connectivity index (χ3v) is 3.51. The summed E-state index contributed by atoms with van der Waals surface area (Å²) in [6, 6.07) is 0. The van der Waals surface area contributed by atoms with Crippen molar-refractivity contribution in [3.05, 3.63) is 0 Å². The zero-order valence-electron chi connectivity index (χ0n) is 10.6. The minimum atomic E-state index is -4.41. The fraction of sp³-hybridized carbons (Fsp3) is 0.909. The molecule has 0 aromatic rings. The molecule has 0 spiro atoms. The Bertz CT molecular complexity index is 247. The average Bonchev–Trinajstić information content (AvgIpc) is 2.30. The van der Waals surface area contributed by atoms with Crippen LogP contribution in [0.4, 0.5) is 13.2 Å². The highest BCUT2D eigenvalue weighted by Crippen LogP contribution is 2.26. The third-order valence-electron chi connectivity index (χ3n) is 2.94. The van der Waals surface area contributed by atoms with Gasteiger partial charge in [-0.25, -0.2) is 0 Å². The molecular formula is C11H19ClF3NO2. The first kappa shape index (κ1) is 17.5. The van der Waals surface area contributed by atoms with Crippen LogP contribution in [0.1, 0.15) is 26.7 Å². The molecule has 1 amide bonds. The lowest BCUT2D eigenvalue weighted by atomic mass is 9.84. The predicted octanol–water partition coefficient (Wildman–Crippen LogP) is 2.73. The SMILES string of the molecule is CCC(CC)(CCl)CNC(=O)COCC(F)(F)F. The van der Waals surface area contributed by atoms with Crippen molar-refractivity contribution >= 4 is 17.5 Å². The Balaban J connectivity index is 3.96. The van der Waals surface area contributed by atoms with Crippen LogP contribution in [0.2, 0.25) is 0 Å². The van der Waals surface area contributed by atoms with E-state index in [4.69, 9.17) is 11.6 Å². The Hall–Kier alpha value is -0.490. The van der Waals surface area contributed by atoms with Gasteiger partial charge in [0.2, 0.25) is 5.91 Å². The number of hydrogen-bond acceptors (Lipinski definition) is 2. The molecule has 0 rings (SSSR count). The highest BCUT2D eigenvalue weighted by Gasteiger charge is 2.28. The molecule has 0 aliphatic heterocycles. The summed E-state index contributed by atoms with van der Waals surface area (Å²) in [4.78, 5) is 11.3.